The van der Waals surface area contributed by atoms with Crippen molar-refractivity contribution in [3.05, 3.63) is 30.3 Å². The number of benzene rings is 1. The SMILES string of the molecule is CC(=O)NC(CSc1ccccc1)C(=O)NCC(N)=O. The van der Waals surface area contributed by atoms with Gasteiger partial charge in [-0.15, -0.1) is 11.8 Å². The molecule has 0 aliphatic rings. The van der Waals surface area contributed by atoms with Gasteiger partial charge in [0.1, 0.15) is 6.04 Å². The number of amides is 3. The lowest BCUT2D eigenvalue weighted by atomic mass is 10.3. The van der Waals surface area contributed by atoms with E-state index in [9.17, 15) is 14.4 Å². The van der Waals surface area contributed by atoms with E-state index in [1.54, 1.807) is 0 Å². The number of nitrogens with two attached hydrogens (primary N) is 1. The van der Waals surface area contributed by atoms with Gasteiger partial charge in [-0.05, 0) is 12.1 Å². The minimum absolute atomic E-state index is 0.245. The van der Waals surface area contributed by atoms with Gasteiger partial charge in [-0.25, -0.2) is 0 Å². The van der Waals surface area contributed by atoms with E-state index in [2.05, 4.69) is 10.6 Å². The number of thioether (sulfide) groups is 1. The van der Waals surface area contributed by atoms with Gasteiger partial charge in [0, 0.05) is 17.6 Å². The average molecular weight is 295 g/mol. The molecule has 0 aliphatic heterocycles. The van der Waals surface area contributed by atoms with Crippen molar-refractivity contribution in [2.24, 2.45) is 5.73 Å². The normalized spacial score (nSPS) is 11.4. The lowest BCUT2D eigenvalue weighted by Gasteiger charge is -2.16. The largest absolute Gasteiger partial charge is 0.368 e. The van der Waals surface area contributed by atoms with Crippen LogP contribution in [0.1, 0.15) is 6.92 Å². The Morgan fingerprint density at radius 2 is 1.90 bits per heavy atom. The molecule has 0 saturated carbocycles. The number of primary amides is 1. The highest BCUT2D eigenvalue weighted by molar-refractivity contribution is 7.99. The van der Waals surface area contributed by atoms with E-state index in [4.69, 9.17) is 5.73 Å². The first-order valence-corrected chi connectivity index (χ1v) is 6.98. The van der Waals surface area contributed by atoms with Gasteiger partial charge in [0.2, 0.25) is 17.7 Å². The van der Waals surface area contributed by atoms with E-state index in [1.807, 2.05) is 30.3 Å². The third-order valence-corrected chi connectivity index (χ3v) is 3.40. The molecule has 1 rings (SSSR count). The van der Waals surface area contributed by atoms with Crippen molar-refractivity contribution in [1.82, 2.24) is 10.6 Å². The molecule has 0 heterocycles. The van der Waals surface area contributed by atoms with Crippen LogP contribution in [0, 0.1) is 0 Å². The Morgan fingerprint density at radius 3 is 2.45 bits per heavy atom. The summed E-state index contributed by atoms with van der Waals surface area (Å²) in [5.41, 5.74) is 4.96. The lowest BCUT2D eigenvalue weighted by Crippen LogP contribution is -2.49. The molecule has 20 heavy (non-hydrogen) atoms. The first kappa shape index (κ1) is 16.0. The molecule has 1 atom stereocenters. The number of carbonyl (C=O) groups excluding carboxylic acids is 3. The highest BCUT2D eigenvalue weighted by Gasteiger charge is 2.19. The van der Waals surface area contributed by atoms with E-state index >= 15 is 0 Å². The molecule has 0 saturated heterocycles. The van der Waals surface area contributed by atoms with E-state index in [-0.39, 0.29) is 12.5 Å². The van der Waals surface area contributed by atoms with Crippen LogP contribution in [0.25, 0.3) is 0 Å². The summed E-state index contributed by atoms with van der Waals surface area (Å²) in [4.78, 5) is 34.6. The van der Waals surface area contributed by atoms with Crippen molar-refractivity contribution in [2.45, 2.75) is 17.9 Å². The van der Waals surface area contributed by atoms with Gasteiger partial charge in [-0.1, -0.05) is 18.2 Å². The molecule has 0 fully saturated rings. The zero-order chi connectivity index (χ0) is 15.0. The molecule has 1 aromatic carbocycles. The lowest BCUT2D eigenvalue weighted by molar-refractivity contribution is -0.128. The monoisotopic (exact) mass is 295 g/mol. The van der Waals surface area contributed by atoms with Crippen molar-refractivity contribution in [1.29, 1.82) is 0 Å². The van der Waals surface area contributed by atoms with Crippen molar-refractivity contribution in [3.63, 3.8) is 0 Å². The van der Waals surface area contributed by atoms with E-state index in [0.29, 0.717) is 5.75 Å². The number of hydrogen-bond donors (Lipinski definition) is 3. The molecular formula is C13H17N3O3S. The Hall–Kier alpha value is -2.02. The van der Waals surface area contributed by atoms with Crippen LogP contribution in [0.4, 0.5) is 0 Å². The van der Waals surface area contributed by atoms with Crippen LogP contribution in [-0.4, -0.2) is 36.1 Å². The molecule has 0 aliphatic carbocycles. The first-order valence-electron chi connectivity index (χ1n) is 6.00. The fourth-order valence-electron chi connectivity index (χ4n) is 1.42. The third-order valence-electron chi connectivity index (χ3n) is 2.29. The fourth-order valence-corrected chi connectivity index (χ4v) is 2.37. The maximum Gasteiger partial charge on any atom is 0.243 e. The Morgan fingerprint density at radius 1 is 1.25 bits per heavy atom. The molecule has 0 radical (unpaired) electrons. The zero-order valence-corrected chi connectivity index (χ0v) is 11.9. The predicted molar refractivity (Wildman–Crippen MR) is 77.0 cm³/mol. The summed E-state index contributed by atoms with van der Waals surface area (Å²) in [6, 6.07) is 8.80. The standard InChI is InChI=1S/C13H17N3O3S/c1-9(17)16-11(13(19)15-7-12(14)18)8-20-10-5-3-2-4-6-10/h2-6,11H,7-8H2,1H3,(H2,14,18)(H,15,19)(H,16,17). The van der Waals surface area contributed by atoms with Crippen molar-refractivity contribution >= 4 is 29.5 Å². The fraction of sp³-hybridized carbons (Fsp3) is 0.308. The first-order chi connectivity index (χ1) is 9.49. The second kappa shape index (κ2) is 8.21. The second-order valence-electron chi connectivity index (χ2n) is 4.06. The van der Waals surface area contributed by atoms with E-state index in [1.165, 1.54) is 18.7 Å². The molecule has 0 spiro atoms. The smallest absolute Gasteiger partial charge is 0.243 e. The molecule has 108 valence electrons. The van der Waals surface area contributed by atoms with Gasteiger partial charge in [-0.3, -0.25) is 14.4 Å². The van der Waals surface area contributed by atoms with Crippen molar-refractivity contribution in [3.8, 4) is 0 Å². The number of nitrogens with one attached hydrogen (secondary N) is 2. The maximum absolute atomic E-state index is 11.9. The number of carbonyl (C=O) groups is 3. The molecular weight excluding hydrogens is 278 g/mol. The van der Waals surface area contributed by atoms with Crippen LogP contribution in [0.15, 0.2) is 35.2 Å². The maximum atomic E-state index is 11.9. The summed E-state index contributed by atoms with van der Waals surface area (Å²) in [6.45, 7) is 1.09. The molecule has 3 amide bonds. The van der Waals surface area contributed by atoms with Gasteiger partial charge < -0.3 is 16.4 Å². The Kier molecular flexibility index (Phi) is 6.58. The summed E-state index contributed by atoms with van der Waals surface area (Å²) in [5.74, 6) is -0.996. The molecule has 4 N–H and O–H groups in total. The van der Waals surface area contributed by atoms with Gasteiger partial charge in [0.05, 0.1) is 6.54 Å². The van der Waals surface area contributed by atoms with Gasteiger partial charge in [0.25, 0.3) is 0 Å². The number of rotatable bonds is 7. The van der Waals surface area contributed by atoms with Gasteiger partial charge in [-0.2, -0.15) is 0 Å². The Balaban J connectivity index is 2.57. The Labute approximate surface area is 121 Å². The van der Waals surface area contributed by atoms with Crippen LogP contribution in [0.5, 0.6) is 0 Å². The van der Waals surface area contributed by atoms with Crippen LogP contribution in [-0.2, 0) is 14.4 Å². The van der Waals surface area contributed by atoms with Crippen molar-refractivity contribution < 1.29 is 14.4 Å². The van der Waals surface area contributed by atoms with Crippen LogP contribution >= 0.6 is 11.8 Å². The predicted octanol–water partition coefficient (Wildman–Crippen LogP) is -0.115. The minimum Gasteiger partial charge on any atom is -0.368 e. The van der Waals surface area contributed by atoms with Crippen LogP contribution in [0.2, 0.25) is 0 Å². The van der Waals surface area contributed by atoms with Gasteiger partial charge in [0.15, 0.2) is 0 Å². The van der Waals surface area contributed by atoms with E-state index in [0.717, 1.165) is 4.90 Å². The summed E-state index contributed by atoms with van der Waals surface area (Å²) in [6.07, 6.45) is 0. The number of hydrogen-bond acceptors (Lipinski definition) is 4. The van der Waals surface area contributed by atoms with Crippen LogP contribution < -0.4 is 16.4 Å². The second-order valence-corrected chi connectivity index (χ2v) is 5.15. The minimum atomic E-state index is -0.711. The molecule has 6 nitrogen and oxygen atoms in total. The van der Waals surface area contributed by atoms with Crippen LogP contribution in [0.3, 0.4) is 0 Å². The van der Waals surface area contributed by atoms with Crippen molar-refractivity contribution in [2.75, 3.05) is 12.3 Å². The van der Waals surface area contributed by atoms with E-state index < -0.39 is 17.9 Å². The highest BCUT2D eigenvalue weighted by atomic mass is 32.2. The summed E-state index contributed by atoms with van der Waals surface area (Å²) >= 11 is 1.44. The molecule has 1 aromatic rings. The zero-order valence-electron chi connectivity index (χ0n) is 11.1. The molecule has 7 heteroatoms. The quantitative estimate of drug-likeness (QED) is 0.611. The van der Waals surface area contributed by atoms with Gasteiger partial charge >= 0.3 is 0 Å². The summed E-state index contributed by atoms with van der Waals surface area (Å²) < 4.78 is 0. The Bertz CT molecular complexity index is 479. The average Bonchev–Trinajstić information content (AvgIpc) is 2.41. The highest BCUT2D eigenvalue weighted by Crippen LogP contribution is 2.17. The molecule has 0 aromatic heterocycles. The topological polar surface area (TPSA) is 101 Å². The summed E-state index contributed by atoms with van der Waals surface area (Å²) in [7, 11) is 0. The molecule has 1 unspecified atom stereocenters. The molecule has 0 bridgehead atoms. The summed E-state index contributed by atoms with van der Waals surface area (Å²) in [5, 5.41) is 4.93. The third kappa shape index (κ3) is 6.24.